The van der Waals surface area contributed by atoms with Crippen molar-refractivity contribution in [3.05, 3.63) is 53.1 Å². The summed E-state index contributed by atoms with van der Waals surface area (Å²) in [4.78, 5) is 11.6. The molecule has 0 aliphatic heterocycles. The van der Waals surface area contributed by atoms with Crippen molar-refractivity contribution in [3.8, 4) is 17.2 Å². The van der Waals surface area contributed by atoms with Crippen molar-refractivity contribution in [3.63, 3.8) is 0 Å². The molecule has 1 atom stereocenters. The molecule has 0 aromatic heterocycles. The molecule has 0 fully saturated rings. The van der Waals surface area contributed by atoms with Gasteiger partial charge in [0.2, 0.25) is 0 Å². The average molecular weight is 330 g/mol. The van der Waals surface area contributed by atoms with Crippen molar-refractivity contribution in [2.24, 2.45) is 0 Å². The van der Waals surface area contributed by atoms with Crippen LogP contribution >= 0.6 is 0 Å². The maximum atomic E-state index is 11.6. The Morgan fingerprint density at radius 2 is 1.62 bits per heavy atom. The van der Waals surface area contributed by atoms with Gasteiger partial charge >= 0.3 is 0 Å². The lowest BCUT2D eigenvalue weighted by molar-refractivity contribution is 0.0615. The SMILES string of the molecule is CC(=O)c1c(O)cccc1OCC(O)COc1c(C)cccc1C. The van der Waals surface area contributed by atoms with Gasteiger partial charge in [-0.1, -0.05) is 24.3 Å². The normalized spacial score (nSPS) is 11.8. The van der Waals surface area contributed by atoms with E-state index in [1.807, 2.05) is 32.0 Å². The van der Waals surface area contributed by atoms with Gasteiger partial charge in [0.15, 0.2) is 5.78 Å². The minimum absolute atomic E-state index is 0.0470. The van der Waals surface area contributed by atoms with Crippen LogP contribution in [-0.4, -0.2) is 35.3 Å². The summed E-state index contributed by atoms with van der Waals surface area (Å²) in [6.07, 6.45) is -0.869. The van der Waals surface area contributed by atoms with Crippen LogP contribution in [0.25, 0.3) is 0 Å². The summed E-state index contributed by atoms with van der Waals surface area (Å²) in [5, 5.41) is 19.8. The average Bonchev–Trinajstić information content (AvgIpc) is 2.52. The zero-order chi connectivity index (χ0) is 17.7. The standard InChI is InChI=1S/C19H22O5/c1-12-6-4-7-13(2)19(12)24-11-15(21)10-23-17-9-5-8-16(22)18(17)14(3)20/h4-9,15,21-22H,10-11H2,1-3H3. The van der Waals surface area contributed by atoms with E-state index in [1.54, 1.807) is 12.1 Å². The van der Waals surface area contributed by atoms with Crippen molar-refractivity contribution in [1.82, 2.24) is 0 Å². The Morgan fingerprint density at radius 1 is 1.04 bits per heavy atom. The van der Waals surface area contributed by atoms with E-state index in [1.165, 1.54) is 13.0 Å². The second kappa shape index (κ2) is 7.84. The summed E-state index contributed by atoms with van der Waals surface area (Å²) in [7, 11) is 0. The van der Waals surface area contributed by atoms with Gasteiger partial charge in [0.25, 0.3) is 0 Å². The van der Waals surface area contributed by atoms with Crippen LogP contribution in [0.2, 0.25) is 0 Å². The lowest BCUT2D eigenvalue weighted by atomic mass is 10.1. The van der Waals surface area contributed by atoms with Gasteiger partial charge in [-0.15, -0.1) is 0 Å². The smallest absolute Gasteiger partial charge is 0.167 e. The van der Waals surface area contributed by atoms with E-state index >= 15 is 0 Å². The highest BCUT2D eigenvalue weighted by Gasteiger charge is 2.15. The number of rotatable bonds is 7. The van der Waals surface area contributed by atoms with Crippen molar-refractivity contribution in [2.75, 3.05) is 13.2 Å². The quantitative estimate of drug-likeness (QED) is 0.763. The predicted octanol–water partition coefficient (Wildman–Crippen LogP) is 3.03. The zero-order valence-corrected chi connectivity index (χ0v) is 14.1. The van der Waals surface area contributed by atoms with Crippen LogP contribution in [-0.2, 0) is 0 Å². The highest BCUT2D eigenvalue weighted by atomic mass is 16.5. The minimum Gasteiger partial charge on any atom is -0.507 e. The minimum atomic E-state index is -0.869. The number of ether oxygens (including phenoxy) is 2. The van der Waals surface area contributed by atoms with Crippen LogP contribution in [0.3, 0.4) is 0 Å². The molecule has 0 saturated carbocycles. The molecule has 5 heteroatoms. The molecule has 0 aliphatic rings. The number of phenols is 1. The molecule has 0 radical (unpaired) electrons. The number of ketones is 1. The fourth-order valence-electron chi connectivity index (χ4n) is 2.43. The van der Waals surface area contributed by atoms with E-state index in [0.717, 1.165) is 16.9 Å². The molecule has 24 heavy (non-hydrogen) atoms. The van der Waals surface area contributed by atoms with E-state index in [4.69, 9.17) is 9.47 Å². The molecular formula is C19H22O5. The van der Waals surface area contributed by atoms with E-state index in [2.05, 4.69) is 0 Å². The molecule has 2 aromatic carbocycles. The first-order chi connectivity index (χ1) is 11.4. The van der Waals surface area contributed by atoms with E-state index in [-0.39, 0.29) is 36.1 Å². The summed E-state index contributed by atoms with van der Waals surface area (Å²) in [5.41, 5.74) is 2.10. The molecule has 1 unspecified atom stereocenters. The molecule has 0 amide bonds. The third-order valence-corrected chi connectivity index (χ3v) is 3.62. The number of hydrogen-bond acceptors (Lipinski definition) is 5. The number of aryl methyl sites for hydroxylation is 2. The van der Waals surface area contributed by atoms with Crippen molar-refractivity contribution in [1.29, 1.82) is 0 Å². The Labute approximate surface area is 141 Å². The number of hydrogen-bond donors (Lipinski definition) is 2. The Morgan fingerprint density at radius 3 is 2.25 bits per heavy atom. The Bertz CT molecular complexity index is 703. The second-order valence-electron chi connectivity index (χ2n) is 5.70. The predicted molar refractivity (Wildman–Crippen MR) is 91.0 cm³/mol. The van der Waals surface area contributed by atoms with Gasteiger partial charge in [0.1, 0.15) is 42.1 Å². The second-order valence-corrected chi connectivity index (χ2v) is 5.70. The number of benzene rings is 2. The van der Waals surface area contributed by atoms with Gasteiger partial charge in [-0.25, -0.2) is 0 Å². The van der Waals surface area contributed by atoms with E-state index in [9.17, 15) is 15.0 Å². The molecule has 0 heterocycles. The van der Waals surface area contributed by atoms with Crippen LogP contribution in [0.4, 0.5) is 0 Å². The van der Waals surface area contributed by atoms with Crippen LogP contribution in [0.1, 0.15) is 28.4 Å². The molecule has 0 aliphatic carbocycles. The summed E-state index contributed by atoms with van der Waals surface area (Å²) in [6.45, 7) is 5.26. The van der Waals surface area contributed by atoms with Crippen LogP contribution in [0.15, 0.2) is 36.4 Å². The summed E-state index contributed by atoms with van der Waals surface area (Å²) in [5.74, 6) is 0.553. The first-order valence-corrected chi connectivity index (χ1v) is 7.73. The topological polar surface area (TPSA) is 76.0 Å². The maximum Gasteiger partial charge on any atom is 0.167 e. The molecule has 2 N–H and O–H groups in total. The van der Waals surface area contributed by atoms with Gasteiger partial charge in [-0.05, 0) is 44.0 Å². The van der Waals surface area contributed by atoms with E-state index in [0.29, 0.717) is 0 Å². The Balaban J connectivity index is 1.96. The first kappa shape index (κ1) is 17.8. The van der Waals surface area contributed by atoms with Gasteiger partial charge in [0, 0.05) is 0 Å². The summed E-state index contributed by atoms with van der Waals surface area (Å²) < 4.78 is 11.2. The maximum absolute atomic E-state index is 11.6. The lowest BCUT2D eigenvalue weighted by Crippen LogP contribution is -2.25. The number of phenolic OH excluding ortho intramolecular Hbond substituents is 1. The zero-order valence-electron chi connectivity index (χ0n) is 14.1. The molecule has 2 rings (SSSR count). The highest BCUT2D eigenvalue weighted by molar-refractivity contribution is 5.99. The Hall–Kier alpha value is -2.53. The van der Waals surface area contributed by atoms with Gasteiger partial charge in [-0.3, -0.25) is 4.79 Å². The van der Waals surface area contributed by atoms with Gasteiger partial charge in [-0.2, -0.15) is 0 Å². The van der Waals surface area contributed by atoms with Gasteiger partial charge < -0.3 is 19.7 Å². The molecule has 0 saturated heterocycles. The number of aliphatic hydroxyl groups excluding tert-OH is 1. The van der Waals surface area contributed by atoms with Crippen LogP contribution in [0, 0.1) is 13.8 Å². The van der Waals surface area contributed by atoms with Crippen LogP contribution in [0.5, 0.6) is 17.2 Å². The fraction of sp³-hybridized carbons (Fsp3) is 0.316. The van der Waals surface area contributed by atoms with Crippen molar-refractivity contribution >= 4 is 5.78 Å². The fourth-order valence-corrected chi connectivity index (χ4v) is 2.43. The first-order valence-electron chi connectivity index (χ1n) is 7.73. The molecule has 2 aromatic rings. The monoisotopic (exact) mass is 330 g/mol. The molecule has 5 nitrogen and oxygen atoms in total. The third-order valence-electron chi connectivity index (χ3n) is 3.62. The molecule has 0 bridgehead atoms. The number of Topliss-reactive ketones (excluding diaryl/α,β-unsaturated/α-hetero) is 1. The Kier molecular flexibility index (Phi) is 5.82. The number of aliphatic hydroxyl groups is 1. The van der Waals surface area contributed by atoms with Crippen molar-refractivity contribution < 1.29 is 24.5 Å². The largest absolute Gasteiger partial charge is 0.507 e. The lowest BCUT2D eigenvalue weighted by Gasteiger charge is -2.17. The summed E-state index contributed by atoms with van der Waals surface area (Å²) >= 11 is 0. The van der Waals surface area contributed by atoms with Crippen LogP contribution < -0.4 is 9.47 Å². The van der Waals surface area contributed by atoms with Gasteiger partial charge in [0.05, 0.1) is 0 Å². The third kappa shape index (κ3) is 4.26. The number of carbonyl (C=O) groups excluding carboxylic acids is 1. The molecular weight excluding hydrogens is 308 g/mol. The van der Waals surface area contributed by atoms with E-state index < -0.39 is 6.10 Å². The molecule has 128 valence electrons. The number of para-hydroxylation sites is 1. The molecule has 0 spiro atoms. The highest BCUT2D eigenvalue weighted by Crippen LogP contribution is 2.28. The van der Waals surface area contributed by atoms with Crippen molar-refractivity contribution in [2.45, 2.75) is 26.9 Å². The number of carbonyl (C=O) groups is 1. The summed E-state index contributed by atoms with van der Waals surface area (Å²) in [6, 6.07) is 10.4. The number of aromatic hydroxyl groups is 1.